The molecule has 1 rings (SSSR count). The number of nitrogens with one attached hydrogen (secondary N) is 1. The van der Waals surface area contributed by atoms with E-state index in [1.165, 1.54) is 25.7 Å². The number of hydrogen-bond donors (Lipinski definition) is 2. The minimum Gasteiger partial charge on any atom is -0.353 e. The van der Waals surface area contributed by atoms with Gasteiger partial charge in [0.2, 0.25) is 5.91 Å². The average Bonchev–Trinajstić information content (AvgIpc) is 2.26. The molecule has 3 nitrogen and oxygen atoms in total. The van der Waals surface area contributed by atoms with E-state index in [1.807, 2.05) is 6.92 Å². The zero-order valence-corrected chi connectivity index (χ0v) is 10.7. The van der Waals surface area contributed by atoms with Gasteiger partial charge >= 0.3 is 0 Å². The van der Waals surface area contributed by atoms with Crippen molar-refractivity contribution in [1.29, 1.82) is 0 Å². The lowest BCUT2D eigenvalue weighted by atomic mass is 9.84. The summed E-state index contributed by atoms with van der Waals surface area (Å²) in [6.07, 6.45) is 7.52. The van der Waals surface area contributed by atoms with Crippen LogP contribution in [0, 0.1) is 5.92 Å². The molecule has 1 aliphatic rings. The van der Waals surface area contributed by atoms with E-state index in [9.17, 15) is 4.79 Å². The maximum atomic E-state index is 11.6. The summed E-state index contributed by atoms with van der Waals surface area (Å²) in [5.41, 5.74) is 5.64. The summed E-state index contributed by atoms with van der Waals surface area (Å²) in [7, 11) is 0. The zero-order valence-electron chi connectivity index (χ0n) is 10.7. The van der Waals surface area contributed by atoms with Crippen LogP contribution in [0.5, 0.6) is 0 Å². The van der Waals surface area contributed by atoms with Crippen LogP contribution in [0.3, 0.4) is 0 Å². The first-order valence-corrected chi connectivity index (χ1v) is 6.66. The monoisotopic (exact) mass is 226 g/mol. The van der Waals surface area contributed by atoms with E-state index < -0.39 is 0 Å². The van der Waals surface area contributed by atoms with Crippen LogP contribution >= 0.6 is 0 Å². The van der Waals surface area contributed by atoms with E-state index in [2.05, 4.69) is 12.2 Å². The van der Waals surface area contributed by atoms with Crippen molar-refractivity contribution < 1.29 is 4.79 Å². The number of rotatable bonds is 5. The normalized spacial score (nSPS) is 27.4. The summed E-state index contributed by atoms with van der Waals surface area (Å²) in [5, 5.41) is 3.14. The second kappa shape index (κ2) is 6.89. The highest BCUT2D eigenvalue weighted by molar-refractivity contribution is 5.76. The fourth-order valence-corrected chi connectivity index (χ4v) is 2.45. The smallest absolute Gasteiger partial charge is 0.220 e. The van der Waals surface area contributed by atoms with Crippen molar-refractivity contribution in [3.63, 3.8) is 0 Å². The van der Waals surface area contributed by atoms with Gasteiger partial charge in [-0.15, -0.1) is 0 Å². The molecule has 0 radical (unpaired) electrons. The van der Waals surface area contributed by atoms with Crippen LogP contribution in [-0.2, 0) is 4.79 Å². The molecule has 3 N–H and O–H groups in total. The van der Waals surface area contributed by atoms with Gasteiger partial charge in [0, 0.05) is 18.5 Å². The third-order valence-corrected chi connectivity index (χ3v) is 3.55. The van der Waals surface area contributed by atoms with Gasteiger partial charge in [0.25, 0.3) is 0 Å². The van der Waals surface area contributed by atoms with Gasteiger partial charge in [-0.3, -0.25) is 4.79 Å². The molecule has 0 spiro atoms. The van der Waals surface area contributed by atoms with E-state index in [-0.39, 0.29) is 11.9 Å². The van der Waals surface area contributed by atoms with Crippen molar-refractivity contribution >= 4 is 5.91 Å². The SMILES string of the molecule is CCC1CCCC(NC(=O)CCC(C)N)C1. The molecule has 3 unspecified atom stereocenters. The number of carbonyl (C=O) groups excluding carboxylic acids is 1. The maximum absolute atomic E-state index is 11.6. The Morgan fingerprint density at radius 2 is 2.25 bits per heavy atom. The molecule has 0 aliphatic heterocycles. The van der Waals surface area contributed by atoms with Crippen molar-refractivity contribution in [3.8, 4) is 0 Å². The Labute approximate surface area is 99.2 Å². The molecule has 0 aromatic rings. The van der Waals surface area contributed by atoms with E-state index in [1.54, 1.807) is 0 Å². The van der Waals surface area contributed by atoms with E-state index in [0.717, 1.165) is 18.8 Å². The van der Waals surface area contributed by atoms with Gasteiger partial charge in [0.1, 0.15) is 0 Å². The van der Waals surface area contributed by atoms with Gasteiger partial charge in [-0.05, 0) is 32.1 Å². The van der Waals surface area contributed by atoms with Crippen molar-refractivity contribution in [2.75, 3.05) is 0 Å². The van der Waals surface area contributed by atoms with Gasteiger partial charge < -0.3 is 11.1 Å². The highest BCUT2D eigenvalue weighted by Gasteiger charge is 2.21. The maximum Gasteiger partial charge on any atom is 0.220 e. The first-order chi connectivity index (χ1) is 7.61. The van der Waals surface area contributed by atoms with Crippen LogP contribution in [0.25, 0.3) is 0 Å². The second-order valence-electron chi connectivity index (χ2n) is 5.22. The summed E-state index contributed by atoms with van der Waals surface area (Å²) < 4.78 is 0. The quantitative estimate of drug-likeness (QED) is 0.755. The van der Waals surface area contributed by atoms with Gasteiger partial charge in [0.05, 0.1) is 0 Å². The predicted molar refractivity (Wildman–Crippen MR) is 67.1 cm³/mol. The van der Waals surface area contributed by atoms with Crippen molar-refractivity contribution in [3.05, 3.63) is 0 Å². The standard InChI is InChI=1S/C13H26N2O/c1-3-11-5-4-6-12(9-11)15-13(16)8-7-10(2)14/h10-12H,3-9,14H2,1-2H3,(H,15,16). The molecule has 0 aromatic carbocycles. The minimum atomic E-state index is 0.125. The van der Waals surface area contributed by atoms with Crippen LogP contribution in [0.2, 0.25) is 0 Å². The molecule has 0 aromatic heterocycles. The molecule has 1 fully saturated rings. The Balaban J connectivity index is 2.22. The summed E-state index contributed by atoms with van der Waals surface area (Å²) in [4.78, 5) is 11.6. The molecule has 94 valence electrons. The highest BCUT2D eigenvalue weighted by atomic mass is 16.1. The molecule has 0 bridgehead atoms. The molecule has 3 heteroatoms. The number of carbonyl (C=O) groups is 1. The van der Waals surface area contributed by atoms with Crippen LogP contribution < -0.4 is 11.1 Å². The summed E-state index contributed by atoms with van der Waals surface area (Å²) >= 11 is 0. The highest BCUT2D eigenvalue weighted by Crippen LogP contribution is 2.26. The molecule has 3 atom stereocenters. The largest absolute Gasteiger partial charge is 0.353 e. The fourth-order valence-electron chi connectivity index (χ4n) is 2.45. The van der Waals surface area contributed by atoms with Gasteiger partial charge in [-0.25, -0.2) is 0 Å². The third kappa shape index (κ3) is 4.97. The first kappa shape index (κ1) is 13.5. The second-order valence-corrected chi connectivity index (χ2v) is 5.22. The van der Waals surface area contributed by atoms with E-state index in [0.29, 0.717) is 12.5 Å². The van der Waals surface area contributed by atoms with Gasteiger partial charge in [-0.1, -0.05) is 26.2 Å². The van der Waals surface area contributed by atoms with E-state index >= 15 is 0 Å². The molecule has 16 heavy (non-hydrogen) atoms. The molecule has 0 saturated heterocycles. The molecular weight excluding hydrogens is 200 g/mol. The van der Waals surface area contributed by atoms with Crippen LogP contribution in [0.15, 0.2) is 0 Å². The van der Waals surface area contributed by atoms with Crippen LogP contribution in [0.1, 0.15) is 58.8 Å². The Morgan fingerprint density at radius 1 is 1.50 bits per heavy atom. The van der Waals surface area contributed by atoms with Gasteiger partial charge in [0.15, 0.2) is 0 Å². The Bertz CT molecular complexity index is 216. The first-order valence-electron chi connectivity index (χ1n) is 6.66. The molecule has 1 aliphatic carbocycles. The van der Waals surface area contributed by atoms with Crippen LogP contribution in [-0.4, -0.2) is 18.0 Å². The fraction of sp³-hybridized carbons (Fsp3) is 0.923. The molecular formula is C13H26N2O. The average molecular weight is 226 g/mol. The number of nitrogens with two attached hydrogens (primary N) is 1. The predicted octanol–water partition coefficient (Wildman–Crippen LogP) is 2.20. The number of amides is 1. The van der Waals surface area contributed by atoms with Crippen molar-refractivity contribution in [2.24, 2.45) is 11.7 Å². The van der Waals surface area contributed by atoms with Crippen molar-refractivity contribution in [1.82, 2.24) is 5.32 Å². The zero-order chi connectivity index (χ0) is 12.0. The molecule has 1 amide bonds. The number of hydrogen-bond acceptors (Lipinski definition) is 2. The minimum absolute atomic E-state index is 0.125. The van der Waals surface area contributed by atoms with Crippen LogP contribution in [0.4, 0.5) is 0 Å². The summed E-state index contributed by atoms with van der Waals surface area (Å²) in [6.45, 7) is 4.19. The lowest BCUT2D eigenvalue weighted by Gasteiger charge is -2.29. The molecule has 1 saturated carbocycles. The molecule has 0 heterocycles. The summed E-state index contributed by atoms with van der Waals surface area (Å²) in [6, 6.07) is 0.541. The Kier molecular flexibility index (Phi) is 5.81. The topological polar surface area (TPSA) is 55.1 Å². The van der Waals surface area contributed by atoms with Gasteiger partial charge in [-0.2, -0.15) is 0 Å². The van der Waals surface area contributed by atoms with E-state index in [4.69, 9.17) is 5.73 Å². The lowest BCUT2D eigenvalue weighted by molar-refractivity contribution is -0.122. The third-order valence-electron chi connectivity index (χ3n) is 3.55. The van der Waals surface area contributed by atoms with Crippen molar-refractivity contribution in [2.45, 2.75) is 70.9 Å². The Morgan fingerprint density at radius 3 is 2.88 bits per heavy atom. The lowest BCUT2D eigenvalue weighted by Crippen LogP contribution is -2.38. The summed E-state index contributed by atoms with van der Waals surface area (Å²) in [5.74, 6) is 0.992. The Hall–Kier alpha value is -0.570.